The Labute approximate surface area is 284 Å². The van der Waals surface area contributed by atoms with E-state index in [1.165, 1.54) is 0 Å². The maximum absolute atomic E-state index is 13.4. The first-order chi connectivity index (χ1) is 22.5. The number of hydrogen-bond acceptors (Lipinski definition) is 9. The van der Waals surface area contributed by atoms with Gasteiger partial charge in [-0.2, -0.15) is 0 Å². The Morgan fingerprint density at radius 3 is 2.27 bits per heavy atom. The van der Waals surface area contributed by atoms with Gasteiger partial charge >= 0.3 is 0 Å². The van der Waals surface area contributed by atoms with Crippen LogP contribution in [-0.2, 0) is 20.7 Å². The number of amides is 1. The van der Waals surface area contributed by atoms with Gasteiger partial charge < -0.3 is 40.5 Å². The van der Waals surface area contributed by atoms with Gasteiger partial charge in [-0.3, -0.25) is 9.59 Å². The van der Waals surface area contributed by atoms with Gasteiger partial charge in [-0.1, -0.05) is 58.0 Å². The van der Waals surface area contributed by atoms with Crippen molar-refractivity contribution < 1.29 is 39.9 Å². The van der Waals surface area contributed by atoms with Gasteiger partial charge in [0.05, 0.1) is 12.0 Å². The molecule has 2 fully saturated rings. The summed E-state index contributed by atoms with van der Waals surface area (Å²) in [5.74, 6) is -0.00547. The number of aliphatic hydroxyl groups excluding tert-OH is 4. The van der Waals surface area contributed by atoms with Crippen LogP contribution in [0.3, 0.4) is 0 Å². The first-order valence-corrected chi connectivity index (χ1v) is 16.9. The number of aryl methyl sites for hydroxylation is 1. The van der Waals surface area contributed by atoms with Gasteiger partial charge in [-0.05, 0) is 73.1 Å². The van der Waals surface area contributed by atoms with Crippen molar-refractivity contribution >= 4 is 17.8 Å². The fourth-order valence-electron chi connectivity index (χ4n) is 6.57. The van der Waals surface area contributed by atoms with E-state index in [-0.39, 0.29) is 35.3 Å². The summed E-state index contributed by atoms with van der Waals surface area (Å²) < 4.78 is 5.76. The second-order valence-corrected chi connectivity index (χ2v) is 15.0. The van der Waals surface area contributed by atoms with Gasteiger partial charge in [-0.25, -0.2) is 0 Å². The zero-order valence-electron chi connectivity index (χ0n) is 29.4. The molecule has 5 atom stereocenters. The molecule has 2 aromatic carbocycles. The summed E-state index contributed by atoms with van der Waals surface area (Å²) in [6, 6.07) is 9.50. The smallest absolute Gasteiger partial charge is 0.228 e. The van der Waals surface area contributed by atoms with E-state index in [0.29, 0.717) is 19.5 Å². The van der Waals surface area contributed by atoms with E-state index in [0.717, 1.165) is 40.9 Å². The Morgan fingerprint density at radius 2 is 1.67 bits per heavy atom. The highest BCUT2D eigenvalue weighted by molar-refractivity contribution is 5.93. The minimum absolute atomic E-state index is 0.00401. The molecule has 48 heavy (non-hydrogen) atoms. The number of phenols is 1. The van der Waals surface area contributed by atoms with Crippen molar-refractivity contribution in [1.29, 1.82) is 0 Å². The molecule has 0 saturated carbocycles. The molecule has 2 saturated heterocycles. The van der Waals surface area contributed by atoms with Crippen LogP contribution in [0.25, 0.3) is 6.08 Å². The van der Waals surface area contributed by atoms with Crippen LogP contribution in [0.1, 0.15) is 93.4 Å². The number of benzene rings is 2. The number of piperazine rings is 1. The van der Waals surface area contributed by atoms with Crippen molar-refractivity contribution in [2.24, 2.45) is 10.8 Å². The lowest BCUT2D eigenvalue weighted by molar-refractivity contribution is -0.232. The summed E-state index contributed by atoms with van der Waals surface area (Å²) in [4.78, 5) is 28.5. The van der Waals surface area contributed by atoms with Gasteiger partial charge in [0.2, 0.25) is 5.91 Å². The monoisotopic (exact) mass is 666 g/mol. The molecule has 0 unspecified atom stereocenters. The summed E-state index contributed by atoms with van der Waals surface area (Å²) in [6.45, 7) is 15.8. The maximum Gasteiger partial charge on any atom is 0.228 e. The molecule has 2 heterocycles. The molecule has 2 aliphatic heterocycles. The number of rotatable bonds is 11. The normalized spacial score (nSPS) is 24.0. The quantitative estimate of drug-likeness (QED) is 0.211. The SMILES string of the molecule is Cc1cc(/C=C/C(C)(C)C(=O)CC(C)(C)C(=O)N2CCNCC2)ccc1Cc1cc([C@@H]2O[C@H](CO)[C@@H](O)[C@H](O)[C@H]2O)c(O)cc1C(C)C. The minimum Gasteiger partial charge on any atom is -0.508 e. The topological polar surface area (TPSA) is 160 Å². The third-order valence-electron chi connectivity index (χ3n) is 9.85. The van der Waals surface area contributed by atoms with Crippen molar-refractivity contribution in [1.82, 2.24) is 10.2 Å². The van der Waals surface area contributed by atoms with E-state index >= 15 is 0 Å². The predicted octanol–water partition coefficient (Wildman–Crippen LogP) is 3.39. The van der Waals surface area contributed by atoms with Gasteiger partial charge in [-0.15, -0.1) is 0 Å². The molecular weight excluding hydrogens is 612 g/mol. The largest absolute Gasteiger partial charge is 0.508 e. The zero-order valence-corrected chi connectivity index (χ0v) is 29.4. The van der Waals surface area contributed by atoms with Crippen LogP contribution in [0.4, 0.5) is 0 Å². The van der Waals surface area contributed by atoms with E-state index in [9.17, 15) is 35.1 Å². The highest BCUT2D eigenvalue weighted by Crippen LogP contribution is 2.40. The van der Waals surface area contributed by atoms with Crippen LogP contribution in [-0.4, -0.2) is 99.3 Å². The van der Waals surface area contributed by atoms with E-state index in [4.69, 9.17) is 4.74 Å². The Balaban J connectivity index is 1.52. The van der Waals surface area contributed by atoms with Crippen LogP contribution >= 0.6 is 0 Å². The van der Waals surface area contributed by atoms with Gasteiger partial charge in [0.25, 0.3) is 0 Å². The number of phenolic OH excluding ortho intramolecular Hbond substituents is 1. The average molecular weight is 667 g/mol. The van der Waals surface area contributed by atoms with Crippen LogP contribution in [0.2, 0.25) is 0 Å². The molecule has 0 spiro atoms. The Hall–Kier alpha value is -3.12. The number of aliphatic hydroxyl groups is 4. The molecule has 1 amide bonds. The number of allylic oxidation sites excluding steroid dienone is 1. The van der Waals surface area contributed by atoms with Gasteiger partial charge in [0.1, 0.15) is 42.1 Å². The van der Waals surface area contributed by atoms with E-state index in [2.05, 4.69) is 11.4 Å². The Morgan fingerprint density at radius 1 is 1.00 bits per heavy atom. The summed E-state index contributed by atoms with van der Waals surface area (Å²) in [5.41, 5.74) is 3.55. The number of ether oxygens (including phenoxy) is 1. The molecule has 10 nitrogen and oxygen atoms in total. The lowest BCUT2D eigenvalue weighted by Gasteiger charge is -2.40. The highest BCUT2D eigenvalue weighted by Gasteiger charge is 2.45. The minimum atomic E-state index is -1.55. The average Bonchev–Trinajstić information content (AvgIpc) is 3.04. The molecule has 2 aromatic rings. The molecule has 0 aromatic heterocycles. The summed E-state index contributed by atoms with van der Waals surface area (Å²) >= 11 is 0. The van der Waals surface area contributed by atoms with Gasteiger partial charge in [0.15, 0.2) is 0 Å². The van der Waals surface area contributed by atoms with Crippen molar-refractivity contribution in [2.75, 3.05) is 32.8 Å². The summed E-state index contributed by atoms with van der Waals surface area (Å²) in [6.07, 6.45) is -2.26. The molecule has 0 radical (unpaired) electrons. The molecule has 6 N–H and O–H groups in total. The van der Waals surface area contributed by atoms with E-state index in [1.807, 2.05) is 77.7 Å². The van der Waals surface area contributed by atoms with Crippen LogP contribution in [0.15, 0.2) is 36.4 Å². The molecule has 0 bridgehead atoms. The van der Waals surface area contributed by atoms with Crippen molar-refractivity contribution in [3.63, 3.8) is 0 Å². The highest BCUT2D eigenvalue weighted by atomic mass is 16.5. The fraction of sp³-hybridized carbons (Fsp3) is 0.579. The maximum atomic E-state index is 13.4. The lowest BCUT2D eigenvalue weighted by atomic mass is 9.76. The molecule has 2 aliphatic rings. The summed E-state index contributed by atoms with van der Waals surface area (Å²) in [7, 11) is 0. The second-order valence-electron chi connectivity index (χ2n) is 15.0. The molecule has 0 aliphatic carbocycles. The fourth-order valence-corrected chi connectivity index (χ4v) is 6.57. The standard InChI is InChI=1S/C38H54N2O8/c1-22(2)27-19-29(42)28(35-34(46)33(45)32(44)30(21-41)48-35)18-26(27)17-25-9-8-24(16-23(25)3)10-11-37(4,5)31(43)20-38(6,7)36(47)40-14-12-39-13-15-40/h8-11,16,18-19,22,30,32-35,39,41-42,44-46H,12-15,17,20-21H2,1-7H3/b11-10+/t30-,32-,33+,34-,35+/m1/s1. The van der Waals surface area contributed by atoms with Crippen molar-refractivity contribution in [2.45, 2.75) is 97.7 Å². The van der Waals surface area contributed by atoms with Crippen LogP contribution in [0.5, 0.6) is 5.75 Å². The molecule has 10 heteroatoms. The number of nitrogens with one attached hydrogen (secondary N) is 1. The third-order valence-corrected chi connectivity index (χ3v) is 9.85. The predicted molar refractivity (Wildman–Crippen MR) is 185 cm³/mol. The third kappa shape index (κ3) is 8.35. The van der Waals surface area contributed by atoms with Crippen LogP contribution in [0, 0.1) is 17.8 Å². The van der Waals surface area contributed by atoms with E-state index < -0.39 is 48.0 Å². The van der Waals surface area contributed by atoms with Crippen molar-refractivity contribution in [3.05, 3.63) is 69.8 Å². The first kappa shape index (κ1) is 37.7. The molecule has 4 rings (SSSR count). The summed E-state index contributed by atoms with van der Waals surface area (Å²) in [5, 5.41) is 55.2. The molecular formula is C38H54N2O8. The van der Waals surface area contributed by atoms with E-state index in [1.54, 1.807) is 12.1 Å². The lowest BCUT2D eigenvalue weighted by Crippen LogP contribution is -2.55. The number of carbonyl (C=O) groups is 2. The zero-order chi connectivity index (χ0) is 35.6. The number of nitrogens with zero attached hydrogens (tertiary/aromatic N) is 1. The first-order valence-electron chi connectivity index (χ1n) is 16.9. The van der Waals surface area contributed by atoms with Crippen LogP contribution < -0.4 is 5.32 Å². The second kappa shape index (κ2) is 15.2. The number of aromatic hydroxyl groups is 1. The number of Topliss-reactive ketones (excluding diaryl/α,β-unsaturated/α-hetero) is 1. The molecule has 264 valence electrons. The number of carbonyl (C=O) groups excluding carboxylic acids is 2. The number of hydrogen-bond donors (Lipinski definition) is 6. The van der Waals surface area contributed by atoms with Crippen molar-refractivity contribution in [3.8, 4) is 5.75 Å². The number of ketones is 1. The Bertz CT molecular complexity index is 1490. The Kier molecular flexibility index (Phi) is 11.9. The van der Waals surface area contributed by atoms with Gasteiger partial charge in [0, 0.05) is 43.6 Å².